The quantitative estimate of drug-likeness (QED) is 0.841. The first-order chi connectivity index (χ1) is 11.2. The predicted molar refractivity (Wildman–Crippen MR) is 83.2 cm³/mol. The summed E-state index contributed by atoms with van der Waals surface area (Å²) in [4.78, 5) is 19.2. The number of nitrogens with one attached hydrogen (secondary N) is 1. The normalized spacial score (nSPS) is 27.2. The zero-order chi connectivity index (χ0) is 16.0. The Morgan fingerprint density at radius 1 is 1.48 bits per heavy atom. The monoisotopic (exact) mass is 316 g/mol. The van der Waals surface area contributed by atoms with Gasteiger partial charge in [-0.3, -0.25) is 9.20 Å². The average molecular weight is 316 g/mol. The van der Waals surface area contributed by atoms with E-state index in [4.69, 9.17) is 4.74 Å². The number of hydrogen-bond donors (Lipinski definition) is 1. The summed E-state index contributed by atoms with van der Waals surface area (Å²) in [5.41, 5.74) is 0.327. The van der Waals surface area contributed by atoms with Gasteiger partial charge in [0.25, 0.3) is 0 Å². The van der Waals surface area contributed by atoms with Gasteiger partial charge in [0.15, 0.2) is 5.82 Å². The number of carbonyl (C=O) groups is 1. The van der Waals surface area contributed by atoms with Crippen molar-refractivity contribution in [1.29, 1.82) is 0 Å². The Bertz CT molecular complexity index is 760. The SMILES string of the molecule is CNC(=O)[C@]12CCOC[C@H]1CN(c1nccn3c(C)nnc13)C2. The van der Waals surface area contributed by atoms with Gasteiger partial charge >= 0.3 is 0 Å². The average Bonchev–Trinajstić information content (AvgIpc) is 3.16. The molecule has 1 N–H and O–H groups in total. The number of hydrogen-bond acceptors (Lipinski definition) is 6. The van der Waals surface area contributed by atoms with Gasteiger partial charge in [-0.15, -0.1) is 10.2 Å². The lowest BCUT2D eigenvalue weighted by atomic mass is 9.73. The Hall–Kier alpha value is -2.22. The summed E-state index contributed by atoms with van der Waals surface area (Å²) < 4.78 is 7.54. The van der Waals surface area contributed by atoms with Crippen LogP contribution < -0.4 is 10.2 Å². The molecule has 1 amide bonds. The zero-order valence-electron chi connectivity index (χ0n) is 13.3. The smallest absolute Gasteiger partial charge is 0.228 e. The fraction of sp³-hybridized carbons (Fsp3) is 0.600. The standard InChI is InChI=1S/C15H20N6O2/c1-10-18-19-13-12(17-4-5-21(10)13)20-7-11-8-23-6-3-15(11,9-20)14(22)16-2/h4-5,11H,3,6-9H2,1-2H3,(H,16,22)/t11-,15+/m1/s1. The van der Waals surface area contributed by atoms with Crippen molar-refractivity contribution < 1.29 is 9.53 Å². The number of ether oxygens (including phenoxy) is 1. The second-order valence-corrected chi connectivity index (χ2v) is 6.33. The molecule has 0 spiro atoms. The van der Waals surface area contributed by atoms with Crippen molar-refractivity contribution in [1.82, 2.24) is 24.9 Å². The molecular formula is C15H20N6O2. The molecule has 0 unspecified atom stereocenters. The van der Waals surface area contributed by atoms with Crippen molar-refractivity contribution in [3.05, 3.63) is 18.2 Å². The highest BCUT2D eigenvalue weighted by Gasteiger charge is 2.53. The summed E-state index contributed by atoms with van der Waals surface area (Å²) in [6, 6.07) is 0. The molecule has 122 valence electrons. The maximum Gasteiger partial charge on any atom is 0.228 e. The fourth-order valence-corrected chi connectivity index (χ4v) is 3.88. The van der Waals surface area contributed by atoms with Crippen LogP contribution in [0, 0.1) is 18.3 Å². The molecule has 2 saturated heterocycles. The van der Waals surface area contributed by atoms with Gasteiger partial charge in [0.1, 0.15) is 5.82 Å². The molecule has 2 atom stereocenters. The number of rotatable bonds is 2. The second-order valence-electron chi connectivity index (χ2n) is 6.33. The Kier molecular flexibility index (Phi) is 3.22. The zero-order valence-corrected chi connectivity index (χ0v) is 13.3. The van der Waals surface area contributed by atoms with Crippen LogP contribution in [0.25, 0.3) is 5.65 Å². The highest BCUT2D eigenvalue weighted by Crippen LogP contribution is 2.44. The highest BCUT2D eigenvalue weighted by molar-refractivity contribution is 5.85. The second kappa shape index (κ2) is 5.16. The van der Waals surface area contributed by atoms with Gasteiger partial charge in [0.2, 0.25) is 11.6 Å². The highest BCUT2D eigenvalue weighted by atomic mass is 16.5. The minimum Gasteiger partial charge on any atom is -0.381 e. The first-order valence-electron chi connectivity index (χ1n) is 7.87. The van der Waals surface area contributed by atoms with E-state index in [0.717, 1.165) is 30.3 Å². The Labute approximate surface area is 133 Å². The summed E-state index contributed by atoms with van der Waals surface area (Å²) in [5.74, 6) is 1.87. The summed E-state index contributed by atoms with van der Waals surface area (Å²) in [6.45, 7) is 4.52. The topological polar surface area (TPSA) is 84.7 Å². The minimum absolute atomic E-state index is 0.0953. The Morgan fingerprint density at radius 3 is 3.17 bits per heavy atom. The lowest BCUT2D eigenvalue weighted by molar-refractivity contribution is -0.138. The van der Waals surface area contributed by atoms with Crippen LogP contribution in [0.1, 0.15) is 12.2 Å². The first kappa shape index (κ1) is 14.4. The van der Waals surface area contributed by atoms with E-state index >= 15 is 0 Å². The maximum atomic E-state index is 12.6. The molecule has 4 rings (SSSR count). The molecule has 0 aliphatic carbocycles. The summed E-state index contributed by atoms with van der Waals surface area (Å²) in [5, 5.41) is 11.2. The molecule has 2 aliphatic heterocycles. The Morgan fingerprint density at radius 2 is 2.35 bits per heavy atom. The number of aromatic nitrogens is 4. The molecular weight excluding hydrogens is 296 g/mol. The van der Waals surface area contributed by atoms with Crippen LogP contribution in [0.2, 0.25) is 0 Å². The molecule has 8 heteroatoms. The van der Waals surface area contributed by atoms with Gasteiger partial charge in [0, 0.05) is 45.1 Å². The van der Waals surface area contributed by atoms with Gasteiger partial charge in [-0.2, -0.15) is 0 Å². The van der Waals surface area contributed by atoms with Gasteiger partial charge < -0.3 is 15.0 Å². The van der Waals surface area contributed by atoms with Crippen molar-refractivity contribution in [3.63, 3.8) is 0 Å². The van der Waals surface area contributed by atoms with Crippen LogP contribution in [0.5, 0.6) is 0 Å². The van der Waals surface area contributed by atoms with E-state index in [2.05, 4.69) is 25.4 Å². The molecule has 23 heavy (non-hydrogen) atoms. The van der Waals surface area contributed by atoms with Crippen molar-refractivity contribution in [2.24, 2.45) is 11.3 Å². The number of nitrogens with zero attached hydrogens (tertiary/aromatic N) is 5. The summed E-state index contributed by atoms with van der Waals surface area (Å²) in [7, 11) is 1.70. The van der Waals surface area contributed by atoms with E-state index in [1.165, 1.54) is 0 Å². The van der Waals surface area contributed by atoms with Crippen LogP contribution in [-0.4, -0.2) is 58.8 Å². The molecule has 0 radical (unpaired) electrons. The number of aryl methyl sites for hydroxylation is 1. The van der Waals surface area contributed by atoms with Gasteiger partial charge in [-0.05, 0) is 13.3 Å². The van der Waals surface area contributed by atoms with Crippen LogP contribution in [0.3, 0.4) is 0 Å². The number of carbonyl (C=O) groups excluding carboxylic acids is 1. The first-order valence-corrected chi connectivity index (χ1v) is 7.87. The molecule has 0 saturated carbocycles. The van der Waals surface area contributed by atoms with Crippen LogP contribution in [-0.2, 0) is 9.53 Å². The molecule has 2 aromatic heterocycles. The van der Waals surface area contributed by atoms with E-state index in [1.807, 2.05) is 17.5 Å². The molecule has 4 heterocycles. The van der Waals surface area contributed by atoms with E-state index in [-0.39, 0.29) is 11.8 Å². The number of fused-ring (bicyclic) bond motifs is 2. The number of amides is 1. The minimum atomic E-state index is -0.406. The van der Waals surface area contributed by atoms with Gasteiger partial charge in [0.05, 0.1) is 12.0 Å². The molecule has 8 nitrogen and oxygen atoms in total. The van der Waals surface area contributed by atoms with E-state index < -0.39 is 5.41 Å². The van der Waals surface area contributed by atoms with Gasteiger partial charge in [-0.1, -0.05) is 0 Å². The lowest BCUT2D eigenvalue weighted by Gasteiger charge is -2.36. The van der Waals surface area contributed by atoms with Crippen LogP contribution >= 0.6 is 0 Å². The molecule has 2 aliphatic rings. The molecule has 0 aromatic carbocycles. The van der Waals surface area contributed by atoms with Gasteiger partial charge in [-0.25, -0.2) is 4.98 Å². The third-order valence-electron chi connectivity index (χ3n) is 5.16. The largest absolute Gasteiger partial charge is 0.381 e. The van der Waals surface area contributed by atoms with Crippen molar-refractivity contribution in [3.8, 4) is 0 Å². The lowest BCUT2D eigenvalue weighted by Crippen LogP contribution is -2.49. The predicted octanol–water partition coefficient (Wildman–Crippen LogP) is 0.0216. The van der Waals surface area contributed by atoms with Crippen LogP contribution in [0.15, 0.2) is 12.4 Å². The third-order valence-corrected chi connectivity index (χ3v) is 5.16. The molecule has 0 bridgehead atoms. The van der Waals surface area contributed by atoms with Crippen molar-refractivity contribution in [2.45, 2.75) is 13.3 Å². The maximum absolute atomic E-state index is 12.6. The molecule has 2 fully saturated rings. The fourth-order valence-electron chi connectivity index (χ4n) is 3.88. The third kappa shape index (κ3) is 2.01. The summed E-state index contributed by atoms with van der Waals surface area (Å²) >= 11 is 0. The summed E-state index contributed by atoms with van der Waals surface area (Å²) in [6.07, 6.45) is 4.35. The van der Waals surface area contributed by atoms with Crippen molar-refractivity contribution >= 4 is 17.4 Å². The molecule has 2 aromatic rings. The Balaban J connectivity index is 1.74. The number of anilines is 1. The van der Waals surface area contributed by atoms with E-state index in [9.17, 15) is 4.79 Å². The van der Waals surface area contributed by atoms with Crippen molar-refractivity contribution in [2.75, 3.05) is 38.3 Å². The van der Waals surface area contributed by atoms with E-state index in [1.54, 1.807) is 13.2 Å². The van der Waals surface area contributed by atoms with E-state index in [0.29, 0.717) is 19.8 Å². The van der Waals surface area contributed by atoms with Crippen LogP contribution in [0.4, 0.5) is 5.82 Å².